The number of hydrogen-bond acceptors (Lipinski definition) is 5. The summed E-state index contributed by atoms with van der Waals surface area (Å²) in [4.78, 5) is 32.7. The Bertz CT molecular complexity index is 1080. The van der Waals surface area contributed by atoms with Crippen molar-refractivity contribution in [3.63, 3.8) is 0 Å². The fourth-order valence-corrected chi connectivity index (χ4v) is 4.29. The highest BCUT2D eigenvalue weighted by atomic mass is 32.2. The third kappa shape index (κ3) is 4.51. The van der Waals surface area contributed by atoms with Gasteiger partial charge in [-0.25, -0.2) is 4.98 Å². The van der Waals surface area contributed by atoms with Gasteiger partial charge in [-0.05, 0) is 64.1 Å². The molecule has 1 unspecified atom stereocenters. The maximum atomic E-state index is 13.3. The smallest absolute Gasteiger partial charge is 0.266 e. The van der Waals surface area contributed by atoms with Gasteiger partial charge in [0.1, 0.15) is 5.75 Å². The van der Waals surface area contributed by atoms with E-state index in [4.69, 9.17) is 9.72 Å². The van der Waals surface area contributed by atoms with E-state index in [-0.39, 0.29) is 16.7 Å². The molecule has 1 atom stereocenters. The largest absolute Gasteiger partial charge is 0.494 e. The average molecular weight is 426 g/mol. The van der Waals surface area contributed by atoms with E-state index in [0.29, 0.717) is 41.4 Å². The maximum absolute atomic E-state index is 13.3. The van der Waals surface area contributed by atoms with Gasteiger partial charge in [0.2, 0.25) is 5.91 Å². The number of carbonyl (C=O) groups excluding carboxylic acids is 1. The summed E-state index contributed by atoms with van der Waals surface area (Å²) in [5, 5.41) is 0.668. The van der Waals surface area contributed by atoms with Crippen molar-refractivity contribution in [3.8, 4) is 11.4 Å². The Morgan fingerprint density at radius 1 is 1.10 bits per heavy atom. The molecule has 2 aromatic carbocycles. The normalized spacial score (nSPS) is 12.0. The summed E-state index contributed by atoms with van der Waals surface area (Å²) in [7, 11) is 0. The number of carbonyl (C=O) groups is 1. The van der Waals surface area contributed by atoms with Crippen LogP contribution in [0, 0.1) is 0 Å². The average Bonchev–Trinajstić information content (AvgIpc) is 2.76. The van der Waals surface area contributed by atoms with Crippen LogP contribution in [0.4, 0.5) is 0 Å². The molecule has 1 aromatic heterocycles. The van der Waals surface area contributed by atoms with Gasteiger partial charge in [-0.2, -0.15) is 0 Å². The first-order valence-electron chi connectivity index (χ1n) is 10.2. The second-order valence-corrected chi connectivity index (χ2v) is 8.06. The topological polar surface area (TPSA) is 64.4 Å². The number of aromatic nitrogens is 2. The molecule has 3 rings (SSSR count). The van der Waals surface area contributed by atoms with Gasteiger partial charge in [-0.3, -0.25) is 14.2 Å². The zero-order chi connectivity index (χ0) is 21.7. The van der Waals surface area contributed by atoms with Crippen LogP contribution in [0.2, 0.25) is 0 Å². The molecule has 0 aliphatic heterocycles. The molecule has 0 aliphatic rings. The van der Waals surface area contributed by atoms with Gasteiger partial charge in [0.15, 0.2) is 5.16 Å². The lowest BCUT2D eigenvalue weighted by Crippen LogP contribution is -2.36. The summed E-state index contributed by atoms with van der Waals surface area (Å²) in [6.45, 7) is 9.58. The highest BCUT2D eigenvalue weighted by Crippen LogP contribution is 2.27. The van der Waals surface area contributed by atoms with E-state index in [1.54, 1.807) is 15.5 Å². The Morgan fingerprint density at radius 2 is 1.77 bits per heavy atom. The number of amides is 1. The van der Waals surface area contributed by atoms with E-state index < -0.39 is 0 Å². The molecular weight excluding hydrogens is 398 g/mol. The quantitative estimate of drug-likeness (QED) is 0.401. The number of benzene rings is 2. The Kier molecular flexibility index (Phi) is 7.15. The minimum atomic E-state index is -0.369. The van der Waals surface area contributed by atoms with Gasteiger partial charge in [0, 0.05) is 13.1 Å². The molecule has 7 heteroatoms. The van der Waals surface area contributed by atoms with Crippen LogP contribution in [0.15, 0.2) is 58.5 Å². The van der Waals surface area contributed by atoms with Crippen LogP contribution in [0.5, 0.6) is 5.75 Å². The highest BCUT2D eigenvalue weighted by molar-refractivity contribution is 8.00. The lowest BCUT2D eigenvalue weighted by Gasteiger charge is -2.23. The van der Waals surface area contributed by atoms with Crippen molar-refractivity contribution in [3.05, 3.63) is 58.9 Å². The third-order valence-corrected chi connectivity index (χ3v) is 5.90. The number of ether oxygens (including phenoxy) is 1. The molecule has 0 bridgehead atoms. The Morgan fingerprint density at radius 3 is 2.40 bits per heavy atom. The van der Waals surface area contributed by atoms with Crippen molar-refractivity contribution in [2.75, 3.05) is 19.7 Å². The molecule has 3 aromatic rings. The second-order valence-electron chi connectivity index (χ2n) is 6.75. The Balaban J connectivity index is 2.09. The summed E-state index contributed by atoms with van der Waals surface area (Å²) in [5.41, 5.74) is 1.15. The fourth-order valence-electron chi connectivity index (χ4n) is 3.28. The van der Waals surface area contributed by atoms with Crippen molar-refractivity contribution >= 4 is 28.6 Å². The molecule has 30 heavy (non-hydrogen) atoms. The number of hydrogen-bond donors (Lipinski definition) is 0. The summed E-state index contributed by atoms with van der Waals surface area (Å²) in [6, 6.07) is 14.6. The molecular formula is C23H27N3O3S. The first-order valence-corrected chi connectivity index (χ1v) is 11.1. The van der Waals surface area contributed by atoms with E-state index in [1.807, 2.05) is 70.2 Å². The molecule has 158 valence electrons. The molecule has 6 nitrogen and oxygen atoms in total. The van der Waals surface area contributed by atoms with Crippen LogP contribution in [0.1, 0.15) is 27.7 Å². The van der Waals surface area contributed by atoms with E-state index >= 15 is 0 Å². The van der Waals surface area contributed by atoms with Gasteiger partial charge in [0.25, 0.3) is 5.56 Å². The number of nitrogens with zero attached hydrogens (tertiary/aromatic N) is 3. The molecule has 0 saturated heterocycles. The predicted molar refractivity (Wildman–Crippen MR) is 122 cm³/mol. The molecule has 0 aliphatic carbocycles. The molecule has 0 spiro atoms. The molecule has 0 radical (unpaired) electrons. The van der Waals surface area contributed by atoms with E-state index in [2.05, 4.69) is 0 Å². The predicted octanol–water partition coefficient (Wildman–Crippen LogP) is 4.13. The van der Waals surface area contributed by atoms with Gasteiger partial charge in [0.05, 0.1) is 28.4 Å². The lowest BCUT2D eigenvalue weighted by atomic mass is 10.2. The zero-order valence-electron chi connectivity index (χ0n) is 17.8. The Hall–Kier alpha value is -2.80. The first-order chi connectivity index (χ1) is 14.5. The summed E-state index contributed by atoms with van der Waals surface area (Å²) in [5.74, 6) is 0.771. The molecule has 0 saturated carbocycles. The van der Waals surface area contributed by atoms with E-state index in [1.165, 1.54) is 11.8 Å². The maximum Gasteiger partial charge on any atom is 0.266 e. The first kappa shape index (κ1) is 21.9. The van der Waals surface area contributed by atoms with E-state index in [0.717, 1.165) is 5.75 Å². The van der Waals surface area contributed by atoms with Gasteiger partial charge in [-0.15, -0.1) is 0 Å². The minimum Gasteiger partial charge on any atom is -0.494 e. The van der Waals surface area contributed by atoms with Crippen LogP contribution < -0.4 is 10.3 Å². The van der Waals surface area contributed by atoms with Crippen LogP contribution in [0.25, 0.3) is 16.6 Å². The van der Waals surface area contributed by atoms with Crippen LogP contribution in [-0.2, 0) is 4.79 Å². The molecule has 1 heterocycles. The van der Waals surface area contributed by atoms with Gasteiger partial charge in [-0.1, -0.05) is 23.9 Å². The Labute approximate surface area is 180 Å². The molecule has 0 fully saturated rings. The summed E-state index contributed by atoms with van der Waals surface area (Å²) < 4.78 is 7.09. The van der Waals surface area contributed by atoms with Gasteiger partial charge < -0.3 is 9.64 Å². The van der Waals surface area contributed by atoms with Crippen molar-refractivity contribution < 1.29 is 9.53 Å². The second kappa shape index (κ2) is 9.80. The standard InChI is InChI=1S/C23H27N3O3S/c1-5-25(6-2)21(27)16(4)30-23-24-20-11-9-8-10-19(20)22(28)26(23)17-12-14-18(15-13-17)29-7-3/h8-16H,5-7H2,1-4H3. The number of fused-ring (bicyclic) bond motifs is 1. The lowest BCUT2D eigenvalue weighted by molar-refractivity contribution is -0.129. The van der Waals surface area contributed by atoms with Crippen LogP contribution in [0.3, 0.4) is 0 Å². The van der Waals surface area contributed by atoms with Crippen molar-refractivity contribution in [1.82, 2.24) is 14.5 Å². The van der Waals surface area contributed by atoms with Gasteiger partial charge >= 0.3 is 0 Å². The summed E-state index contributed by atoms with van der Waals surface area (Å²) in [6.07, 6.45) is 0. The highest BCUT2D eigenvalue weighted by Gasteiger charge is 2.23. The number of para-hydroxylation sites is 1. The third-order valence-electron chi connectivity index (χ3n) is 4.86. The number of rotatable bonds is 8. The van der Waals surface area contributed by atoms with Crippen molar-refractivity contribution in [1.29, 1.82) is 0 Å². The van der Waals surface area contributed by atoms with Crippen molar-refractivity contribution in [2.24, 2.45) is 0 Å². The summed E-state index contributed by atoms with van der Waals surface area (Å²) >= 11 is 1.31. The minimum absolute atomic E-state index is 0.0330. The number of thioether (sulfide) groups is 1. The van der Waals surface area contributed by atoms with Crippen LogP contribution >= 0.6 is 11.8 Å². The SMILES string of the molecule is CCOc1ccc(-n2c(SC(C)C(=O)N(CC)CC)nc3ccccc3c2=O)cc1. The van der Waals surface area contributed by atoms with Crippen molar-refractivity contribution in [2.45, 2.75) is 38.1 Å². The zero-order valence-corrected chi connectivity index (χ0v) is 18.6. The van der Waals surface area contributed by atoms with E-state index in [9.17, 15) is 9.59 Å². The monoisotopic (exact) mass is 425 g/mol. The molecule has 1 amide bonds. The molecule has 0 N–H and O–H groups in total. The fraction of sp³-hybridized carbons (Fsp3) is 0.348. The van der Waals surface area contributed by atoms with Crippen LogP contribution in [-0.4, -0.2) is 45.3 Å².